The van der Waals surface area contributed by atoms with Crippen molar-refractivity contribution in [2.75, 3.05) is 16.4 Å². The van der Waals surface area contributed by atoms with Crippen molar-refractivity contribution in [2.24, 2.45) is 0 Å². The van der Waals surface area contributed by atoms with E-state index >= 15 is 0 Å². The van der Waals surface area contributed by atoms with Gasteiger partial charge in [-0.2, -0.15) is 5.26 Å². The Hall–Kier alpha value is -3.70. The van der Waals surface area contributed by atoms with E-state index in [4.69, 9.17) is 23.2 Å². The maximum Gasteiger partial charge on any atom is 0.254 e. The molecule has 1 atom stereocenters. The number of nitrogens with zero attached hydrogens (tertiary/aromatic N) is 1. The van der Waals surface area contributed by atoms with E-state index in [9.17, 15) is 14.9 Å². The number of nitrogens with one attached hydrogen (secondary N) is 3. The third kappa shape index (κ3) is 6.22. The van der Waals surface area contributed by atoms with E-state index < -0.39 is 5.92 Å². The van der Waals surface area contributed by atoms with Crippen molar-refractivity contribution >= 4 is 58.2 Å². The summed E-state index contributed by atoms with van der Waals surface area (Å²) >= 11 is 13.7. The van der Waals surface area contributed by atoms with Gasteiger partial charge in [0.2, 0.25) is 5.91 Å². The van der Waals surface area contributed by atoms with E-state index in [1.54, 1.807) is 49.4 Å². The molecule has 192 valence electrons. The molecule has 0 aromatic heterocycles. The highest BCUT2D eigenvalue weighted by Crippen LogP contribution is 2.43. The van der Waals surface area contributed by atoms with Gasteiger partial charge in [0.15, 0.2) is 0 Å². The second-order valence-electron chi connectivity index (χ2n) is 8.59. The van der Waals surface area contributed by atoms with E-state index in [1.807, 2.05) is 37.3 Å². The number of rotatable bonds is 7. The molecule has 3 aromatic rings. The van der Waals surface area contributed by atoms with Crippen LogP contribution in [-0.4, -0.2) is 17.6 Å². The molecular weight excluding hydrogens is 539 g/mol. The molecular formula is C29H24Cl2N4O2S. The van der Waals surface area contributed by atoms with Gasteiger partial charge < -0.3 is 16.0 Å². The molecule has 0 saturated heterocycles. The molecule has 3 aromatic carbocycles. The van der Waals surface area contributed by atoms with Crippen molar-refractivity contribution in [3.63, 3.8) is 0 Å². The highest BCUT2D eigenvalue weighted by molar-refractivity contribution is 8.03. The highest BCUT2D eigenvalue weighted by Gasteiger charge is 2.36. The van der Waals surface area contributed by atoms with Gasteiger partial charge in [-0.25, -0.2) is 0 Å². The number of hydrogen-bond donors (Lipinski definition) is 3. The lowest BCUT2D eigenvalue weighted by molar-refractivity contribution is -0.114. The lowest BCUT2D eigenvalue weighted by atomic mass is 9.82. The first kappa shape index (κ1) is 27.3. The zero-order chi connectivity index (χ0) is 27.2. The van der Waals surface area contributed by atoms with Gasteiger partial charge in [-0.15, -0.1) is 0 Å². The first-order chi connectivity index (χ1) is 18.3. The molecule has 1 aliphatic rings. The Morgan fingerprint density at radius 3 is 2.34 bits per heavy atom. The summed E-state index contributed by atoms with van der Waals surface area (Å²) in [5, 5.41) is 20.7. The molecule has 3 N–H and O–H groups in total. The molecule has 0 saturated carbocycles. The molecule has 1 aliphatic heterocycles. The summed E-state index contributed by atoms with van der Waals surface area (Å²) in [5.41, 5.74) is 4.09. The van der Waals surface area contributed by atoms with Gasteiger partial charge in [0.05, 0.1) is 28.3 Å². The highest BCUT2D eigenvalue weighted by atomic mass is 35.5. The Bertz CT molecular complexity index is 1490. The Morgan fingerprint density at radius 2 is 1.66 bits per heavy atom. The number of para-hydroxylation sites is 1. The number of carbonyl (C=O) groups is 2. The smallest absolute Gasteiger partial charge is 0.254 e. The first-order valence-corrected chi connectivity index (χ1v) is 13.4. The predicted octanol–water partition coefficient (Wildman–Crippen LogP) is 7.01. The molecule has 0 bridgehead atoms. The second kappa shape index (κ2) is 12.2. The summed E-state index contributed by atoms with van der Waals surface area (Å²) in [6, 6.07) is 23.7. The summed E-state index contributed by atoms with van der Waals surface area (Å²) < 4.78 is 0. The van der Waals surface area contributed by atoms with Crippen LogP contribution in [0.15, 0.2) is 94.7 Å². The van der Waals surface area contributed by atoms with Crippen molar-refractivity contribution in [2.45, 2.75) is 19.8 Å². The molecule has 1 unspecified atom stereocenters. The van der Waals surface area contributed by atoms with E-state index in [0.717, 1.165) is 11.3 Å². The third-order valence-corrected chi connectivity index (χ3v) is 7.59. The predicted molar refractivity (Wildman–Crippen MR) is 155 cm³/mol. The second-order valence-corrected chi connectivity index (χ2v) is 10.4. The Kier molecular flexibility index (Phi) is 8.80. The van der Waals surface area contributed by atoms with Gasteiger partial charge >= 0.3 is 0 Å². The molecule has 0 spiro atoms. The van der Waals surface area contributed by atoms with Crippen molar-refractivity contribution in [1.82, 2.24) is 5.32 Å². The number of nitriles is 1. The number of halogens is 2. The normalized spacial score (nSPS) is 15.0. The fourth-order valence-electron chi connectivity index (χ4n) is 4.12. The number of thioether (sulfide) groups is 1. The van der Waals surface area contributed by atoms with Gasteiger partial charge in [0.25, 0.3) is 5.91 Å². The molecule has 6 nitrogen and oxygen atoms in total. The Balaban J connectivity index is 1.65. The number of hydrogen-bond acceptors (Lipinski definition) is 5. The molecule has 0 aliphatic carbocycles. The Labute approximate surface area is 235 Å². The van der Waals surface area contributed by atoms with E-state index in [0.29, 0.717) is 43.2 Å². The Morgan fingerprint density at radius 1 is 0.974 bits per heavy atom. The molecule has 38 heavy (non-hydrogen) atoms. The van der Waals surface area contributed by atoms with Crippen LogP contribution in [0, 0.1) is 18.3 Å². The van der Waals surface area contributed by atoms with Gasteiger partial charge in [0.1, 0.15) is 0 Å². The fourth-order valence-corrected chi connectivity index (χ4v) is 5.38. The van der Waals surface area contributed by atoms with Crippen molar-refractivity contribution in [3.05, 3.63) is 116 Å². The summed E-state index contributed by atoms with van der Waals surface area (Å²) in [6.45, 7) is 3.68. The van der Waals surface area contributed by atoms with Gasteiger partial charge in [-0.3, -0.25) is 9.59 Å². The van der Waals surface area contributed by atoms with Crippen LogP contribution in [0.4, 0.5) is 11.4 Å². The zero-order valence-corrected chi connectivity index (χ0v) is 23.0. The SMILES string of the molecule is CC1=C(C(=O)Nc2ccc(Cl)cc2)C(c2ccccc2Cl)C(C#N)=C(SCC(=O)Nc2ccccc2C)N1. The number of aryl methyl sites for hydroxylation is 1. The zero-order valence-electron chi connectivity index (χ0n) is 20.6. The minimum Gasteiger partial charge on any atom is -0.353 e. The number of anilines is 2. The molecule has 2 amide bonds. The van der Waals surface area contributed by atoms with E-state index in [2.05, 4.69) is 22.0 Å². The quantitative estimate of drug-likeness (QED) is 0.288. The standard InChI is InChI=1S/C29H24Cl2N4O2S/c1-17-7-3-6-10-24(17)35-25(36)16-38-29-22(15-32)27(21-8-4-5-9-23(21)31)26(18(2)33-29)28(37)34-20-13-11-19(30)12-14-20/h3-14,27,33H,16H2,1-2H3,(H,34,37)(H,35,36). The minimum absolute atomic E-state index is 0.0661. The molecule has 0 radical (unpaired) electrons. The van der Waals surface area contributed by atoms with Crippen LogP contribution in [0.3, 0.4) is 0 Å². The van der Waals surface area contributed by atoms with Crippen molar-refractivity contribution in [3.8, 4) is 6.07 Å². The number of allylic oxidation sites excluding steroid dienone is 2. The average molecular weight is 564 g/mol. The topological polar surface area (TPSA) is 94.0 Å². The molecule has 9 heteroatoms. The van der Waals surface area contributed by atoms with Crippen molar-refractivity contribution in [1.29, 1.82) is 5.26 Å². The number of carbonyl (C=O) groups excluding carboxylic acids is 2. The molecule has 1 heterocycles. The van der Waals surface area contributed by atoms with E-state index in [-0.39, 0.29) is 17.6 Å². The minimum atomic E-state index is -0.732. The largest absolute Gasteiger partial charge is 0.353 e. The van der Waals surface area contributed by atoms with Crippen LogP contribution < -0.4 is 16.0 Å². The molecule has 4 rings (SSSR count). The number of dihydropyridines is 1. The number of benzene rings is 3. The lowest BCUT2D eigenvalue weighted by Gasteiger charge is -2.30. The van der Waals surface area contributed by atoms with Crippen LogP contribution in [0.25, 0.3) is 0 Å². The lowest BCUT2D eigenvalue weighted by Crippen LogP contribution is -2.31. The van der Waals surface area contributed by atoms with Crippen LogP contribution in [0.5, 0.6) is 0 Å². The van der Waals surface area contributed by atoms with Gasteiger partial charge in [0, 0.05) is 32.7 Å². The molecule has 0 fully saturated rings. The fraction of sp³-hybridized carbons (Fsp3) is 0.138. The van der Waals surface area contributed by atoms with E-state index in [1.165, 1.54) is 11.8 Å². The summed E-state index contributed by atoms with van der Waals surface area (Å²) in [4.78, 5) is 26.3. The van der Waals surface area contributed by atoms with Crippen LogP contribution >= 0.6 is 35.0 Å². The summed E-state index contributed by atoms with van der Waals surface area (Å²) in [5.74, 6) is -1.25. The average Bonchev–Trinajstić information content (AvgIpc) is 2.90. The van der Waals surface area contributed by atoms with Crippen LogP contribution in [0.1, 0.15) is 24.0 Å². The first-order valence-electron chi connectivity index (χ1n) is 11.7. The van der Waals surface area contributed by atoms with Crippen LogP contribution in [0.2, 0.25) is 10.0 Å². The van der Waals surface area contributed by atoms with Crippen molar-refractivity contribution < 1.29 is 9.59 Å². The van der Waals surface area contributed by atoms with Gasteiger partial charge in [-0.1, -0.05) is 71.4 Å². The number of amides is 2. The summed E-state index contributed by atoms with van der Waals surface area (Å²) in [6.07, 6.45) is 0. The third-order valence-electron chi connectivity index (χ3n) is 5.98. The summed E-state index contributed by atoms with van der Waals surface area (Å²) in [7, 11) is 0. The monoisotopic (exact) mass is 562 g/mol. The van der Waals surface area contributed by atoms with Gasteiger partial charge in [-0.05, 0) is 61.4 Å². The van der Waals surface area contributed by atoms with Crippen LogP contribution in [-0.2, 0) is 9.59 Å². The maximum absolute atomic E-state index is 13.5. The maximum atomic E-state index is 13.5.